The molecular weight excluding hydrogens is 581 g/mol. The van der Waals surface area contributed by atoms with Crippen LogP contribution < -0.4 is 15.4 Å². The van der Waals surface area contributed by atoms with E-state index in [1.807, 2.05) is 0 Å². The Balaban J connectivity index is 1.20. The average Bonchev–Trinajstić information content (AvgIpc) is 3.63. The minimum Gasteiger partial charge on any atom is -0.461 e. The summed E-state index contributed by atoms with van der Waals surface area (Å²) in [7, 11) is 0. The SMILES string of the molecule is C[C@H](F)Oc1cccc(CNC(=O)c2cn(CCC(F)Cn3cc(C(=O)NCc4cccc(C(F)(F)F)n4)nn3)nn2)c1. The summed E-state index contributed by atoms with van der Waals surface area (Å²) < 4.78 is 73.5. The third-order valence-electron chi connectivity index (χ3n) is 5.78. The molecule has 2 atom stereocenters. The van der Waals surface area contributed by atoms with Crippen molar-refractivity contribution in [3.8, 4) is 5.75 Å². The number of amides is 2. The van der Waals surface area contributed by atoms with E-state index in [0.717, 1.165) is 10.7 Å². The summed E-state index contributed by atoms with van der Waals surface area (Å²) in [5.41, 5.74) is -0.531. The molecule has 0 saturated heterocycles. The molecular formula is C26H26F5N9O3. The summed E-state index contributed by atoms with van der Waals surface area (Å²) in [6.45, 7) is 0.971. The van der Waals surface area contributed by atoms with Crippen LogP contribution in [0.3, 0.4) is 0 Å². The van der Waals surface area contributed by atoms with Crippen LogP contribution in [0.5, 0.6) is 5.75 Å². The monoisotopic (exact) mass is 607 g/mol. The molecule has 0 spiro atoms. The van der Waals surface area contributed by atoms with Gasteiger partial charge < -0.3 is 15.4 Å². The number of carbonyl (C=O) groups excluding carboxylic acids is 2. The van der Waals surface area contributed by atoms with Crippen LogP contribution in [0, 0.1) is 0 Å². The topological polar surface area (TPSA) is 142 Å². The third-order valence-corrected chi connectivity index (χ3v) is 5.78. The Kier molecular flexibility index (Phi) is 9.95. The molecule has 228 valence electrons. The Morgan fingerprint density at radius 1 is 0.930 bits per heavy atom. The van der Waals surface area contributed by atoms with Gasteiger partial charge in [0.15, 0.2) is 11.4 Å². The van der Waals surface area contributed by atoms with Crippen LogP contribution in [-0.4, -0.2) is 59.3 Å². The number of rotatable bonds is 13. The second-order valence-corrected chi connectivity index (χ2v) is 9.26. The first-order chi connectivity index (χ1) is 20.5. The van der Waals surface area contributed by atoms with E-state index in [-0.39, 0.29) is 49.7 Å². The Morgan fingerprint density at radius 3 is 2.28 bits per heavy atom. The molecule has 0 radical (unpaired) electrons. The van der Waals surface area contributed by atoms with Crippen LogP contribution in [0.1, 0.15) is 51.3 Å². The highest BCUT2D eigenvalue weighted by Crippen LogP contribution is 2.27. The van der Waals surface area contributed by atoms with Gasteiger partial charge in [0.2, 0.25) is 6.36 Å². The van der Waals surface area contributed by atoms with Gasteiger partial charge in [-0.15, -0.1) is 10.2 Å². The Hall–Kier alpha value is -4.96. The lowest BCUT2D eigenvalue weighted by Gasteiger charge is -2.09. The van der Waals surface area contributed by atoms with Gasteiger partial charge in [0.25, 0.3) is 11.8 Å². The van der Waals surface area contributed by atoms with Gasteiger partial charge in [-0.3, -0.25) is 14.3 Å². The molecule has 1 unspecified atom stereocenters. The standard InChI is InChI=1S/C26H26F5N9O3/c1-16(27)43-20-6-2-4-17(10-20)11-32-24(41)21-14-39(37-35-21)9-8-18(28)13-40-15-22(36-38-40)25(42)33-12-19-5-3-7-23(34-19)26(29,30)31/h2-7,10,14-16,18H,8-9,11-13H2,1H3,(H,32,41)(H,33,42)/t16-,18?/m1/s1. The molecule has 3 heterocycles. The predicted molar refractivity (Wildman–Crippen MR) is 139 cm³/mol. The fourth-order valence-electron chi connectivity index (χ4n) is 3.76. The molecule has 3 aromatic heterocycles. The van der Waals surface area contributed by atoms with Crippen LogP contribution in [0.15, 0.2) is 54.9 Å². The molecule has 0 fully saturated rings. The van der Waals surface area contributed by atoms with Gasteiger partial charge in [-0.2, -0.15) is 13.2 Å². The predicted octanol–water partition coefficient (Wildman–Crippen LogP) is 3.27. The largest absolute Gasteiger partial charge is 0.461 e. The maximum absolute atomic E-state index is 14.6. The number of benzene rings is 1. The van der Waals surface area contributed by atoms with E-state index in [2.05, 4.69) is 36.2 Å². The number of hydrogen-bond acceptors (Lipinski definition) is 8. The van der Waals surface area contributed by atoms with Gasteiger partial charge in [-0.05, 0) is 29.8 Å². The molecule has 43 heavy (non-hydrogen) atoms. The minimum atomic E-state index is -4.61. The number of alkyl halides is 5. The number of carbonyl (C=O) groups is 2. The van der Waals surface area contributed by atoms with Crippen molar-refractivity contribution < 1.29 is 36.3 Å². The van der Waals surface area contributed by atoms with Crippen molar-refractivity contribution in [1.29, 1.82) is 0 Å². The Morgan fingerprint density at radius 2 is 1.58 bits per heavy atom. The number of halogens is 5. The van der Waals surface area contributed by atoms with Gasteiger partial charge in [0.05, 0.1) is 31.2 Å². The molecule has 4 rings (SSSR count). The lowest BCUT2D eigenvalue weighted by atomic mass is 10.2. The van der Waals surface area contributed by atoms with E-state index in [1.165, 1.54) is 36.1 Å². The minimum absolute atomic E-state index is 0.00197. The average molecular weight is 608 g/mol. The lowest BCUT2D eigenvalue weighted by molar-refractivity contribution is -0.141. The summed E-state index contributed by atoms with van der Waals surface area (Å²) in [6.07, 6.45) is -4.96. The zero-order valence-corrected chi connectivity index (χ0v) is 22.6. The summed E-state index contributed by atoms with van der Waals surface area (Å²) in [6, 6.07) is 9.92. The van der Waals surface area contributed by atoms with Crippen molar-refractivity contribution in [1.82, 2.24) is 45.6 Å². The Labute approximate surface area is 241 Å². The third kappa shape index (κ3) is 9.27. The first kappa shape index (κ1) is 31.0. The second-order valence-electron chi connectivity index (χ2n) is 9.26. The summed E-state index contributed by atoms with van der Waals surface area (Å²) in [5.74, 6) is -0.902. The number of aryl methyl sites for hydroxylation is 1. The fourth-order valence-corrected chi connectivity index (χ4v) is 3.76. The number of nitrogens with one attached hydrogen (secondary N) is 2. The molecule has 0 aliphatic carbocycles. The normalized spacial score (nSPS) is 12.9. The quantitative estimate of drug-likeness (QED) is 0.221. The van der Waals surface area contributed by atoms with E-state index in [1.54, 1.807) is 24.3 Å². The van der Waals surface area contributed by atoms with Gasteiger partial charge in [-0.1, -0.05) is 28.6 Å². The van der Waals surface area contributed by atoms with E-state index in [4.69, 9.17) is 4.74 Å². The molecule has 0 aliphatic rings. The summed E-state index contributed by atoms with van der Waals surface area (Å²) in [4.78, 5) is 28.2. The maximum Gasteiger partial charge on any atom is 0.433 e. The zero-order valence-electron chi connectivity index (χ0n) is 22.6. The molecule has 17 heteroatoms. The van der Waals surface area contributed by atoms with Crippen LogP contribution in [-0.2, 0) is 32.4 Å². The number of nitrogens with zero attached hydrogens (tertiary/aromatic N) is 7. The van der Waals surface area contributed by atoms with Crippen molar-refractivity contribution >= 4 is 11.8 Å². The molecule has 1 aromatic carbocycles. The molecule has 12 nitrogen and oxygen atoms in total. The molecule has 4 aromatic rings. The smallest absolute Gasteiger partial charge is 0.433 e. The molecule has 2 N–H and O–H groups in total. The molecule has 0 bridgehead atoms. The molecule has 0 aliphatic heterocycles. The number of aromatic nitrogens is 7. The van der Waals surface area contributed by atoms with Crippen LogP contribution in [0.4, 0.5) is 22.0 Å². The van der Waals surface area contributed by atoms with Crippen LogP contribution >= 0.6 is 0 Å². The van der Waals surface area contributed by atoms with Crippen molar-refractivity contribution in [2.45, 2.75) is 58.2 Å². The van der Waals surface area contributed by atoms with E-state index >= 15 is 0 Å². The highest BCUT2D eigenvalue weighted by Gasteiger charge is 2.32. The summed E-state index contributed by atoms with van der Waals surface area (Å²) >= 11 is 0. The van der Waals surface area contributed by atoms with E-state index in [9.17, 15) is 31.5 Å². The van der Waals surface area contributed by atoms with Crippen molar-refractivity contribution in [2.75, 3.05) is 0 Å². The summed E-state index contributed by atoms with van der Waals surface area (Å²) in [5, 5.41) is 20.1. The molecule has 2 amide bonds. The number of ether oxygens (including phenoxy) is 1. The number of pyridine rings is 1. The zero-order chi connectivity index (χ0) is 31.0. The fraction of sp³-hybridized carbons (Fsp3) is 0.346. The van der Waals surface area contributed by atoms with E-state index < -0.39 is 36.2 Å². The highest BCUT2D eigenvalue weighted by atomic mass is 19.4. The van der Waals surface area contributed by atoms with Crippen LogP contribution in [0.2, 0.25) is 0 Å². The van der Waals surface area contributed by atoms with Gasteiger partial charge in [0.1, 0.15) is 17.6 Å². The van der Waals surface area contributed by atoms with E-state index in [0.29, 0.717) is 11.3 Å². The van der Waals surface area contributed by atoms with Gasteiger partial charge in [0, 0.05) is 26.4 Å². The maximum atomic E-state index is 14.6. The number of hydrogen-bond donors (Lipinski definition) is 2. The lowest BCUT2D eigenvalue weighted by Crippen LogP contribution is -2.24. The van der Waals surface area contributed by atoms with Crippen molar-refractivity contribution in [3.05, 3.63) is 83.2 Å². The Bertz CT molecular complexity index is 1540. The van der Waals surface area contributed by atoms with Crippen LogP contribution in [0.25, 0.3) is 0 Å². The second kappa shape index (κ2) is 13.8. The van der Waals surface area contributed by atoms with Crippen molar-refractivity contribution in [2.24, 2.45) is 0 Å². The molecule has 0 saturated carbocycles. The van der Waals surface area contributed by atoms with Gasteiger partial charge in [-0.25, -0.2) is 18.4 Å². The highest BCUT2D eigenvalue weighted by molar-refractivity contribution is 5.92. The van der Waals surface area contributed by atoms with Crippen molar-refractivity contribution in [3.63, 3.8) is 0 Å². The first-order valence-corrected chi connectivity index (χ1v) is 12.9. The first-order valence-electron chi connectivity index (χ1n) is 12.9. The van der Waals surface area contributed by atoms with Gasteiger partial charge >= 0.3 is 6.18 Å².